The first-order chi connectivity index (χ1) is 9.10. The lowest BCUT2D eigenvalue weighted by Crippen LogP contribution is -2.04. The molecule has 0 bridgehead atoms. The summed E-state index contributed by atoms with van der Waals surface area (Å²) >= 11 is 6.78. The molecule has 0 radical (unpaired) electrons. The molecule has 1 N–H and O–H groups in total. The average Bonchev–Trinajstić information content (AvgIpc) is 2.38. The molecule has 1 aromatic carbocycles. The summed E-state index contributed by atoms with van der Waals surface area (Å²) in [4.78, 5) is 4.09. The minimum absolute atomic E-state index is 0.485. The molecule has 0 aliphatic rings. The molecule has 0 spiro atoms. The highest BCUT2D eigenvalue weighted by molar-refractivity contribution is 9.10. The highest BCUT2D eigenvalue weighted by Gasteiger charge is 2.14. The second kappa shape index (κ2) is 6.50. The van der Waals surface area contributed by atoms with Crippen molar-refractivity contribution >= 4 is 31.9 Å². The molecule has 1 unspecified atom stereocenters. The number of hydrogen-bond donors (Lipinski definition) is 1. The number of benzene rings is 1. The van der Waals surface area contributed by atoms with Crippen molar-refractivity contribution in [3.8, 4) is 5.75 Å². The molecule has 0 amide bonds. The Hall–Kier alpha value is -0.910. The number of rotatable bonds is 4. The van der Waals surface area contributed by atoms with E-state index in [0.29, 0.717) is 12.2 Å². The van der Waals surface area contributed by atoms with Gasteiger partial charge in [-0.1, -0.05) is 15.9 Å². The minimum Gasteiger partial charge on any atom is -0.496 e. The van der Waals surface area contributed by atoms with Crippen molar-refractivity contribution in [1.29, 1.82) is 0 Å². The van der Waals surface area contributed by atoms with Gasteiger partial charge in [0.15, 0.2) is 0 Å². The Morgan fingerprint density at radius 3 is 2.68 bits per heavy atom. The number of pyridine rings is 1. The maximum atomic E-state index is 10.4. The van der Waals surface area contributed by atoms with Gasteiger partial charge in [-0.3, -0.25) is 4.98 Å². The number of halogens is 2. The fourth-order valence-electron chi connectivity index (χ4n) is 1.87. The van der Waals surface area contributed by atoms with Crippen LogP contribution in [0.25, 0.3) is 0 Å². The molecule has 0 aliphatic carbocycles. The molecule has 2 rings (SSSR count). The lowest BCUT2D eigenvalue weighted by Gasteiger charge is -2.15. The van der Waals surface area contributed by atoms with Gasteiger partial charge in [0.1, 0.15) is 5.75 Å². The van der Waals surface area contributed by atoms with Crippen molar-refractivity contribution < 1.29 is 9.84 Å². The molecule has 1 atom stereocenters. The van der Waals surface area contributed by atoms with E-state index in [0.717, 1.165) is 20.1 Å². The van der Waals surface area contributed by atoms with Crippen molar-refractivity contribution in [2.75, 3.05) is 7.11 Å². The highest BCUT2D eigenvalue weighted by atomic mass is 79.9. The number of aliphatic hydroxyl groups is 1. The monoisotopic (exact) mass is 385 g/mol. The zero-order chi connectivity index (χ0) is 13.8. The van der Waals surface area contributed by atoms with Gasteiger partial charge in [0.05, 0.1) is 13.2 Å². The number of aromatic nitrogens is 1. The Balaban J connectivity index is 2.24. The molecule has 0 saturated carbocycles. The van der Waals surface area contributed by atoms with Crippen molar-refractivity contribution in [2.24, 2.45) is 0 Å². The highest BCUT2D eigenvalue weighted by Crippen LogP contribution is 2.30. The van der Waals surface area contributed by atoms with E-state index in [2.05, 4.69) is 36.8 Å². The van der Waals surface area contributed by atoms with Crippen LogP contribution < -0.4 is 4.74 Å². The summed E-state index contributed by atoms with van der Waals surface area (Å²) in [6.07, 6.45) is 3.32. The first-order valence-corrected chi connectivity index (χ1v) is 7.29. The van der Waals surface area contributed by atoms with Gasteiger partial charge in [0.2, 0.25) is 0 Å². The van der Waals surface area contributed by atoms with Crippen molar-refractivity contribution in [3.63, 3.8) is 0 Å². The number of nitrogens with zero attached hydrogens (tertiary/aromatic N) is 1. The van der Waals surface area contributed by atoms with Crippen LogP contribution in [0.4, 0.5) is 0 Å². The van der Waals surface area contributed by atoms with Gasteiger partial charge in [0.25, 0.3) is 0 Å². The molecule has 0 saturated heterocycles. The van der Waals surface area contributed by atoms with Crippen LogP contribution in [-0.2, 0) is 6.42 Å². The second-order valence-corrected chi connectivity index (χ2v) is 5.95. The van der Waals surface area contributed by atoms with Gasteiger partial charge in [-0.15, -0.1) is 0 Å². The number of methoxy groups -OCH3 is 1. The van der Waals surface area contributed by atoms with Crippen LogP contribution >= 0.6 is 31.9 Å². The molecule has 0 aliphatic heterocycles. The van der Waals surface area contributed by atoms with E-state index in [9.17, 15) is 5.11 Å². The van der Waals surface area contributed by atoms with Crippen LogP contribution in [0.3, 0.4) is 0 Å². The Bertz CT molecular complexity index is 575. The number of hydrogen-bond acceptors (Lipinski definition) is 3. The number of ether oxygens (including phenoxy) is 1. The summed E-state index contributed by atoms with van der Waals surface area (Å²) in [5.41, 5.74) is 1.72. The van der Waals surface area contributed by atoms with Crippen LogP contribution in [0.15, 0.2) is 45.6 Å². The van der Waals surface area contributed by atoms with Crippen LogP contribution in [0.2, 0.25) is 0 Å². The van der Waals surface area contributed by atoms with Gasteiger partial charge in [-0.25, -0.2) is 0 Å². The van der Waals surface area contributed by atoms with Crippen molar-refractivity contribution in [1.82, 2.24) is 4.98 Å². The molecule has 5 heteroatoms. The maximum absolute atomic E-state index is 10.4. The molecule has 100 valence electrons. The van der Waals surface area contributed by atoms with Gasteiger partial charge < -0.3 is 9.84 Å². The largest absolute Gasteiger partial charge is 0.496 e. The van der Waals surface area contributed by atoms with Gasteiger partial charge in [0, 0.05) is 33.3 Å². The van der Waals surface area contributed by atoms with Crippen LogP contribution in [-0.4, -0.2) is 17.2 Å². The topological polar surface area (TPSA) is 42.4 Å². The third-order valence-electron chi connectivity index (χ3n) is 2.74. The Labute approximate surface area is 128 Å². The van der Waals surface area contributed by atoms with Crippen LogP contribution in [0, 0.1) is 0 Å². The third-order valence-corrected chi connectivity index (χ3v) is 3.67. The summed E-state index contributed by atoms with van der Waals surface area (Å²) < 4.78 is 7.09. The Morgan fingerprint density at radius 2 is 2.00 bits per heavy atom. The lowest BCUT2D eigenvalue weighted by molar-refractivity contribution is 0.174. The van der Waals surface area contributed by atoms with E-state index in [4.69, 9.17) is 4.74 Å². The lowest BCUT2D eigenvalue weighted by atomic mass is 10.0. The van der Waals surface area contributed by atoms with Crippen LogP contribution in [0.1, 0.15) is 17.2 Å². The van der Waals surface area contributed by atoms with Crippen molar-refractivity contribution in [3.05, 3.63) is 56.7 Å². The zero-order valence-electron chi connectivity index (χ0n) is 10.3. The van der Waals surface area contributed by atoms with E-state index in [1.54, 1.807) is 19.5 Å². The Morgan fingerprint density at radius 1 is 1.21 bits per heavy atom. The van der Waals surface area contributed by atoms with E-state index in [-0.39, 0.29) is 0 Å². The Kier molecular flexibility index (Phi) is 4.96. The molecular formula is C14H13Br2NO2. The first-order valence-electron chi connectivity index (χ1n) is 5.71. The van der Waals surface area contributed by atoms with Gasteiger partial charge in [-0.2, -0.15) is 0 Å². The van der Waals surface area contributed by atoms with E-state index in [1.807, 2.05) is 24.3 Å². The molecule has 19 heavy (non-hydrogen) atoms. The third kappa shape index (κ3) is 3.78. The molecule has 1 aromatic heterocycles. The summed E-state index contributed by atoms with van der Waals surface area (Å²) in [5.74, 6) is 0.679. The second-order valence-electron chi connectivity index (χ2n) is 4.12. The quantitative estimate of drug-likeness (QED) is 0.866. The number of aliphatic hydroxyl groups excluding tert-OH is 1. The summed E-state index contributed by atoms with van der Waals surface area (Å²) in [6, 6.07) is 7.53. The molecular weight excluding hydrogens is 374 g/mol. The first kappa shape index (κ1) is 14.5. The predicted molar refractivity (Wildman–Crippen MR) is 81.3 cm³/mol. The van der Waals surface area contributed by atoms with E-state index < -0.39 is 6.10 Å². The fourth-order valence-corrected chi connectivity index (χ4v) is 2.66. The molecule has 0 fully saturated rings. The molecule has 3 nitrogen and oxygen atoms in total. The minimum atomic E-state index is -0.636. The zero-order valence-corrected chi connectivity index (χ0v) is 13.5. The van der Waals surface area contributed by atoms with E-state index >= 15 is 0 Å². The summed E-state index contributed by atoms with van der Waals surface area (Å²) in [5, 5.41) is 10.4. The SMILES string of the molecule is COc1ccc(Br)cc1C(O)Cc1cncc(Br)c1. The maximum Gasteiger partial charge on any atom is 0.124 e. The summed E-state index contributed by atoms with van der Waals surface area (Å²) in [7, 11) is 1.60. The predicted octanol–water partition coefficient (Wildman–Crippen LogP) is 3.89. The fraction of sp³-hybridized carbons (Fsp3) is 0.214. The van der Waals surface area contributed by atoms with Crippen molar-refractivity contribution in [2.45, 2.75) is 12.5 Å². The van der Waals surface area contributed by atoms with Crippen LogP contribution in [0.5, 0.6) is 5.75 Å². The van der Waals surface area contributed by atoms with Gasteiger partial charge in [-0.05, 0) is 45.8 Å². The normalized spacial score (nSPS) is 12.2. The van der Waals surface area contributed by atoms with E-state index in [1.165, 1.54) is 0 Å². The standard InChI is InChI=1S/C14H13Br2NO2/c1-19-14-3-2-10(15)6-12(14)13(18)5-9-4-11(16)8-17-7-9/h2-4,6-8,13,18H,5H2,1H3. The molecule has 1 heterocycles. The van der Waals surface area contributed by atoms with Gasteiger partial charge >= 0.3 is 0 Å². The summed E-state index contributed by atoms with van der Waals surface area (Å²) in [6.45, 7) is 0. The smallest absolute Gasteiger partial charge is 0.124 e. The average molecular weight is 387 g/mol. The molecule has 2 aromatic rings.